The minimum atomic E-state index is -1.56. The van der Waals surface area contributed by atoms with Crippen molar-refractivity contribution in [2.75, 3.05) is 12.3 Å². The van der Waals surface area contributed by atoms with Crippen LogP contribution < -0.4 is 5.73 Å². The summed E-state index contributed by atoms with van der Waals surface area (Å²) in [6, 6.07) is 0. The molecule has 2 aromatic heterocycles. The van der Waals surface area contributed by atoms with Crippen LogP contribution in [0, 0.1) is 6.92 Å². The van der Waals surface area contributed by atoms with Crippen LogP contribution in [0.25, 0.3) is 11.0 Å². The van der Waals surface area contributed by atoms with Gasteiger partial charge in [-0.25, -0.2) is 4.98 Å². The van der Waals surface area contributed by atoms with Gasteiger partial charge in [0.05, 0.1) is 6.61 Å². The van der Waals surface area contributed by atoms with E-state index >= 15 is 0 Å². The number of aryl methyl sites for hydroxylation is 1. The summed E-state index contributed by atoms with van der Waals surface area (Å²) in [7, 11) is 0. The molecule has 1 fully saturated rings. The maximum atomic E-state index is 10.5. The number of nitrogen functional groups attached to an aromatic ring is 1. The lowest BCUT2D eigenvalue weighted by atomic mass is 9.96. The zero-order valence-electron chi connectivity index (χ0n) is 11.8. The molecule has 2 aromatic rings. The first kappa shape index (κ1) is 14.2. The molecule has 0 radical (unpaired) electrons. The molecule has 5 N–H and O–H groups in total. The Bertz CT molecular complexity index is 684. The Hall–Kier alpha value is -1.74. The maximum absolute atomic E-state index is 10.5. The largest absolute Gasteiger partial charge is 0.394 e. The average Bonchev–Trinajstić information content (AvgIpc) is 2.86. The molecule has 0 aliphatic carbocycles. The molecule has 3 heterocycles. The Morgan fingerprint density at radius 3 is 2.86 bits per heavy atom. The van der Waals surface area contributed by atoms with Crippen LogP contribution in [-0.4, -0.2) is 54.3 Å². The third-order valence-electron chi connectivity index (χ3n) is 3.98. The van der Waals surface area contributed by atoms with Gasteiger partial charge in [0.2, 0.25) is 5.95 Å². The second-order valence-corrected chi connectivity index (χ2v) is 5.56. The number of anilines is 1. The van der Waals surface area contributed by atoms with Crippen molar-refractivity contribution in [2.45, 2.75) is 37.9 Å². The second-order valence-electron chi connectivity index (χ2n) is 5.56. The van der Waals surface area contributed by atoms with Crippen LogP contribution in [0.15, 0.2) is 12.4 Å². The highest BCUT2D eigenvalue weighted by Crippen LogP contribution is 2.40. The van der Waals surface area contributed by atoms with E-state index < -0.39 is 24.0 Å². The molecule has 8 heteroatoms. The molecule has 1 aliphatic rings. The van der Waals surface area contributed by atoms with Crippen LogP contribution in [0.1, 0.15) is 18.7 Å². The number of fused-ring (bicyclic) bond motifs is 1. The predicted octanol–water partition coefficient (Wildman–Crippen LogP) is -0.676. The van der Waals surface area contributed by atoms with E-state index in [1.807, 2.05) is 6.92 Å². The Kier molecular flexibility index (Phi) is 3.14. The van der Waals surface area contributed by atoms with Gasteiger partial charge in [-0.1, -0.05) is 0 Å². The van der Waals surface area contributed by atoms with E-state index in [-0.39, 0.29) is 12.6 Å². The van der Waals surface area contributed by atoms with E-state index in [4.69, 9.17) is 10.5 Å². The summed E-state index contributed by atoms with van der Waals surface area (Å²) in [6.07, 6.45) is 0.416. The molecule has 0 bridgehead atoms. The van der Waals surface area contributed by atoms with Gasteiger partial charge in [-0.05, 0) is 19.4 Å². The normalized spacial score (nSPS) is 32.9. The van der Waals surface area contributed by atoms with Crippen LogP contribution in [-0.2, 0) is 4.74 Å². The number of aromatic nitrogens is 3. The summed E-state index contributed by atoms with van der Waals surface area (Å²) in [5.74, 6) is 0.110. The van der Waals surface area contributed by atoms with Crippen LogP contribution in [0.5, 0.6) is 0 Å². The van der Waals surface area contributed by atoms with Crippen molar-refractivity contribution < 1.29 is 20.1 Å². The fourth-order valence-corrected chi connectivity index (χ4v) is 2.77. The number of rotatable bonds is 2. The third-order valence-corrected chi connectivity index (χ3v) is 3.98. The highest BCUT2D eigenvalue weighted by Gasteiger charge is 2.53. The van der Waals surface area contributed by atoms with Crippen molar-refractivity contribution in [3.63, 3.8) is 0 Å². The molecule has 114 valence electrons. The SMILES string of the molecule is Cc1cn(C2O[C@H](CO)[C@@H](O)[C@@]2(C)O)c2nc(N)ncc12. The standard InChI is InChI=1S/C13H18N4O4/c1-6-4-17(10-7(6)3-15-12(14)16-10)11-13(2,20)9(19)8(5-18)21-11/h3-4,8-9,11,18-20H,5H2,1-2H3,(H2,14,15,16)/t8-,9-,11?,13-/m1/s1. The molecule has 3 rings (SSSR count). The van der Waals surface area contributed by atoms with Gasteiger partial charge in [0, 0.05) is 17.8 Å². The van der Waals surface area contributed by atoms with Gasteiger partial charge in [0.25, 0.3) is 0 Å². The van der Waals surface area contributed by atoms with Gasteiger partial charge in [-0.2, -0.15) is 4.98 Å². The maximum Gasteiger partial charge on any atom is 0.221 e. The summed E-state index contributed by atoms with van der Waals surface area (Å²) in [6.45, 7) is 2.95. The Morgan fingerprint density at radius 1 is 1.52 bits per heavy atom. The van der Waals surface area contributed by atoms with Gasteiger partial charge in [-0.3, -0.25) is 0 Å². The van der Waals surface area contributed by atoms with Crippen LogP contribution >= 0.6 is 0 Å². The quantitative estimate of drug-likeness (QED) is 0.578. The minimum absolute atomic E-state index is 0.110. The number of hydrogen-bond donors (Lipinski definition) is 4. The Morgan fingerprint density at radius 2 is 2.24 bits per heavy atom. The lowest BCUT2D eigenvalue weighted by molar-refractivity contribution is -0.0948. The van der Waals surface area contributed by atoms with Crippen molar-refractivity contribution in [1.29, 1.82) is 0 Å². The molecule has 1 unspecified atom stereocenters. The van der Waals surface area contributed by atoms with E-state index in [0.29, 0.717) is 5.65 Å². The second kappa shape index (κ2) is 4.63. The van der Waals surface area contributed by atoms with Crippen molar-refractivity contribution in [3.05, 3.63) is 18.0 Å². The molecule has 0 aromatic carbocycles. The molecule has 4 atom stereocenters. The van der Waals surface area contributed by atoms with Gasteiger partial charge < -0.3 is 30.4 Å². The first-order chi connectivity index (χ1) is 9.86. The molecule has 0 spiro atoms. The van der Waals surface area contributed by atoms with E-state index in [2.05, 4.69) is 9.97 Å². The van der Waals surface area contributed by atoms with Gasteiger partial charge in [0.15, 0.2) is 6.23 Å². The van der Waals surface area contributed by atoms with Gasteiger partial charge in [0.1, 0.15) is 23.5 Å². The summed E-state index contributed by atoms with van der Waals surface area (Å²) >= 11 is 0. The predicted molar refractivity (Wildman–Crippen MR) is 74.3 cm³/mol. The summed E-state index contributed by atoms with van der Waals surface area (Å²) in [5, 5.41) is 30.6. The van der Waals surface area contributed by atoms with Crippen LogP contribution in [0.2, 0.25) is 0 Å². The molecule has 0 saturated carbocycles. The fourth-order valence-electron chi connectivity index (χ4n) is 2.77. The van der Waals surface area contributed by atoms with Gasteiger partial charge in [-0.15, -0.1) is 0 Å². The van der Waals surface area contributed by atoms with Crippen LogP contribution in [0.3, 0.4) is 0 Å². The summed E-state index contributed by atoms with van der Waals surface area (Å²) < 4.78 is 7.21. The molecular formula is C13H18N4O4. The van der Waals surface area contributed by atoms with E-state index in [1.54, 1.807) is 17.0 Å². The molecule has 1 aliphatic heterocycles. The first-order valence-corrected chi connectivity index (χ1v) is 6.62. The monoisotopic (exact) mass is 294 g/mol. The fraction of sp³-hybridized carbons (Fsp3) is 0.538. The molecule has 1 saturated heterocycles. The lowest BCUT2D eigenvalue weighted by Gasteiger charge is -2.27. The Labute approximate surface area is 120 Å². The zero-order chi connectivity index (χ0) is 15.4. The highest BCUT2D eigenvalue weighted by atomic mass is 16.6. The molecular weight excluding hydrogens is 276 g/mol. The zero-order valence-corrected chi connectivity index (χ0v) is 11.8. The van der Waals surface area contributed by atoms with E-state index in [0.717, 1.165) is 10.9 Å². The Balaban J connectivity index is 2.14. The number of nitrogens with two attached hydrogens (primary N) is 1. The molecule has 21 heavy (non-hydrogen) atoms. The number of hydrogen-bond acceptors (Lipinski definition) is 7. The van der Waals surface area contributed by atoms with E-state index in [1.165, 1.54) is 6.92 Å². The minimum Gasteiger partial charge on any atom is -0.394 e. The smallest absolute Gasteiger partial charge is 0.221 e. The van der Waals surface area contributed by atoms with Gasteiger partial charge >= 0.3 is 0 Å². The van der Waals surface area contributed by atoms with Crippen molar-refractivity contribution in [2.24, 2.45) is 0 Å². The first-order valence-electron chi connectivity index (χ1n) is 6.62. The number of nitrogens with zero attached hydrogens (tertiary/aromatic N) is 3. The van der Waals surface area contributed by atoms with Crippen molar-refractivity contribution in [3.8, 4) is 0 Å². The number of aliphatic hydroxyl groups is 3. The summed E-state index contributed by atoms with van der Waals surface area (Å²) in [4.78, 5) is 8.13. The lowest BCUT2D eigenvalue weighted by Crippen LogP contribution is -2.44. The molecule has 0 amide bonds. The third kappa shape index (κ3) is 1.99. The van der Waals surface area contributed by atoms with Crippen molar-refractivity contribution >= 4 is 17.0 Å². The average molecular weight is 294 g/mol. The molecule has 8 nitrogen and oxygen atoms in total. The number of ether oxygens (including phenoxy) is 1. The topological polar surface area (TPSA) is 127 Å². The number of aliphatic hydroxyl groups excluding tert-OH is 2. The van der Waals surface area contributed by atoms with E-state index in [9.17, 15) is 15.3 Å². The van der Waals surface area contributed by atoms with Crippen molar-refractivity contribution in [1.82, 2.24) is 14.5 Å². The van der Waals surface area contributed by atoms with Crippen LogP contribution in [0.4, 0.5) is 5.95 Å². The highest BCUT2D eigenvalue weighted by molar-refractivity contribution is 5.80. The summed E-state index contributed by atoms with van der Waals surface area (Å²) in [5.41, 5.74) is 5.46.